The molecule has 1 aliphatic carbocycles. The van der Waals surface area contributed by atoms with E-state index in [-0.39, 0.29) is 10.6 Å². The van der Waals surface area contributed by atoms with E-state index in [4.69, 9.17) is 22.7 Å². The highest BCUT2D eigenvalue weighted by molar-refractivity contribution is 7.80. The van der Waals surface area contributed by atoms with E-state index < -0.39 is 0 Å². The average molecular weight is 252 g/mol. The minimum Gasteiger partial charge on any atom is -0.387 e. The molecule has 5 nitrogen and oxygen atoms in total. The van der Waals surface area contributed by atoms with E-state index in [0.717, 1.165) is 19.4 Å². The molecule has 2 fully saturated rings. The zero-order valence-electron chi connectivity index (χ0n) is 9.63. The fourth-order valence-electron chi connectivity index (χ4n) is 2.71. The molecule has 1 unspecified atom stereocenters. The number of ether oxygens (including phenoxy) is 1. The van der Waals surface area contributed by atoms with Crippen LogP contribution in [0.15, 0.2) is 6.33 Å². The molecule has 1 aromatic heterocycles. The lowest BCUT2D eigenvalue weighted by Gasteiger charge is -2.47. The molecule has 1 saturated heterocycles. The Labute approximate surface area is 105 Å². The Morgan fingerprint density at radius 3 is 3.00 bits per heavy atom. The van der Waals surface area contributed by atoms with Crippen LogP contribution in [0.1, 0.15) is 44.0 Å². The van der Waals surface area contributed by atoms with Crippen molar-refractivity contribution in [3.8, 4) is 0 Å². The van der Waals surface area contributed by atoms with E-state index in [1.165, 1.54) is 19.3 Å². The van der Waals surface area contributed by atoms with Crippen molar-refractivity contribution in [3.63, 3.8) is 0 Å². The summed E-state index contributed by atoms with van der Waals surface area (Å²) in [6.45, 7) is 0.812. The predicted octanol–water partition coefficient (Wildman–Crippen LogP) is 1.19. The van der Waals surface area contributed by atoms with Crippen LogP contribution < -0.4 is 5.73 Å². The number of hydrogen-bond donors (Lipinski definition) is 1. The molecule has 0 aromatic carbocycles. The van der Waals surface area contributed by atoms with Gasteiger partial charge in [0.2, 0.25) is 5.82 Å². The van der Waals surface area contributed by atoms with Crippen molar-refractivity contribution < 1.29 is 4.74 Å². The molecule has 0 amide bonds. The molecule has 2 heterocycles. The fraction of sp³-hybridized carbons (Fsp3) is 0.727. The molecule has 0 radical (unpaired) electrons. The van der Waals surface area contributed by atoms with Gasteiger partial charge < -0.3 is 10.5 Å². The van der Waals surface area contributed by atoms with Gasteiger partial charge in [0.1, 0.15) is 11.3 Å². The maximum absolute atomic E-state index is 5.90. The third-order valence-electron chi connectivity index (χ3n) is 3.83. The second kappa shape index (κ2) is 4.03. The zero-order chi connectivity index (χ0) is 11.9. The standard InChI is InChI=1S/C11H16N4OS/c12-9(17)10-13-7-15(14-10)8-2-5-16-11(6-8)3-1-4-11/h7-8H,1-6H2,(H2,12,17). The van der Waals surface area contributed by atoms with Crippen LogP contribution in [0.3, 0.4) is 0 Å². The smallest absolute Gasteiger partial charge is 0.208 e. The molecule has 1 saturated carbocycles. The number of nitrogens with two attached hydrogens (primary N) is 1. The van der Waals surface area contributed by atoms with Crippen molar-refractivity contribution in [2.45, 2.75) is 43.7 Å². The van der Waals surface area contributed by atoms with E-state index in [2.05, 4.69) is 10.1 Å². The molecule has 1 aliphatic heterocycles. The number of nitrogens with zero attached hydrogens (tertiary/aromatic N) is 3. The van der Waals surface area contributed by atoms with Crippen molar-refractivity contribution in [2.75, 3.05) is 6.61 Å². The summed E-state index contributed by atoms with van der Waals surface area (Å²) in [6, 6.07) is 0.375. The number of hydrogen-bond acceptors (Lipinski definition) is 4. The van der Waals surface area contributed by atoms with Gasteiger partial charge in [-0.3, -0.25) is 0 Å². The topological polar surface area (TPSA) is 66.0 Å². The van der Waals surface area contributed by atoms with Crippen LogP contribution in [0.4, 0.5) is 0 Å². The van der Waals surface area contributed by atoms with E-state index in [9.17, 15) is 0 Å². The molecular formula is C11H16N4OS. The van der Waals surface area contributed by atoms with Gasteiger partial charge >= 0.3 is 0 Å². The van der Waals surface area contributed by atoms with Crippen molar-refractivity contribution in [1.29, 1.82) is 0 Å². The minimum atomic E-state index is 0.123. The number of thiocarbonyl (C=S) groups is 1. The van der Waals surface area contributed by atoms with Gasteiger partial charge in [-0.25, -0.2) is 9.67 Å². The first-order valence-electron chi connectivity index (χ1n) is 6.03. The molecule has 1 spiro atoms. The van der Waals surface area contributed by atoms with Crippen molar-refractivity contribution in [2.24, 2.45) is 5.73 Å². The second-order valence-corrected chi connectivity index (χ2v) is 5.38. The van der Waals surface area contributed by atoms with Gasteiger partial charge in [0.25, 0.3) is 0 Å². The summed E-state index contributed by atoms with van der Waals surface area (Å²) in [6.07, 6.45) is 7.40. The second-order valence-electron chi connectivity index (χ2n) is 4.94. The van der Waals surface area contributed by atoms with Gasteiger partial charge in [-0.1, -0.05) is 12.2 Å². The van der Waals surface area contributed by atoms with Crippen molar-refractivity contribution in [3.05, 3.63) is 12.2 Å². The third-order valence-corrected chi connectivity index (χ3v) is 4.02. The van der Waals surface area contributed by atoms with Crippen LogP contribution in [-0.4, -0.2) is 32.0 Å². The zero-order valence-corrected chi connectivity index (χ0v) is 10.4. The van der Waals surface area contributed by atoms with E-state index in [1.807, 2.05) is 4.68 Å². The third kappa shape index (κ3) is 1.95. The minimum absolute atomic E-state index is 0.123. The summed E-state index contributed by atoms with van der Waals surface area (Å²) in [4.78, 5) is 4.39. The predicted molar refractivity (Wildman–Crippen MR) is 66.7 cm³/mol. The van der Waals surface area contributed by atoms with Crippen molar-refractivity contribution >= 4 is 17.2 Å². The normalized spacial score (nSPS) is 26.7. The summed E-state index contributed by atoms with van der Waals surface area (Å²) >= 11 is 4.87. The maximum Gasteiger partial charge on any atom is 0.208 e. The van der Waals surface area contributed by atoms with Gasteiger partial charge in [-0.2, -0.15) is 0 Å². The monoisotopic (exact) mass is 252 g/mol. The van der Waals surface area contributed by atoms with Gasteiger partial charge in [0, 0.05) is 6.61 Å². The largest absolute Gasteiger partial charge is 0.387 e. The molecule has 0 bridgehead atoms. The van der Waals surface area contributed by atoms with Crippen LogP contribution in [0, 0.1) is 0 Å². The van der Waals surface area contributed by atoms with E-state index in [0.29, 0.717) is 11.9 Å². The summed E-state index contributed by atoms with van der Waals surface area (Å²) in [7, 11) is 0. The number of aromatic nitrogens is 3. The SMILES string of the molecule is NC(=S)c1ncn(C2CCOC3(CCC3)C2)n1. The Balaban J connectivity index is 1.76. The number of rotatable bonds is 2. The van der Waals surface area contributed by atoms with Gasteiger partial charge in [0.05, 0.1) is 11.6 Å². The first kappa shape index (κ1) is 11.1. The average Bonchev–Trinajstić information content (AvgIpc) is 2.76. The maximum atomic E-state index is 5.90. The van der Waals surface area contributed by atoms with Crippen molar-refractivity contribution in [1.82, 2.24) is 14.8 Å². The summed E-state index contributed by atoms with van der Waals surface area (Å²) < 4.78 is 7.80. The summed E-state index contributed by atoms with van der Waals surface area (Å²) in [5.74, 6) is 0.467. The van der Waals surface area contributed by atoms with Gasteiger partial charge in [0.15, 0.2) is 0 Å². The van der Waals surface area contributed by atoms with E-state index >= 15 is 0 Å². The highest BCUT2D eigenvalue weighted by Gasteiger charge is 2.43. The molecule has 1 aromatic rings. The molecule has 3 rings (SSSR count). The quantitative estimate of drug-likeness (QED) is 0.801. The lowest BCUT2D eigenvalue weighted by molar-refractivity contribution is -0.141. The molecular weight excluding hydrogens is 236 g/mol. The molecule has 92 valence electrons. The highest BCUT2D eigenvalue weighted by Crippen LogP contribution is 2.45. The lowest BCUT2D eigenvalue weighted by atomic mass is 9.74. The molecule has 2 aliphatic rings. The first-order chi connectivity index (χ1) is 8.19. The molecule has 1 atom stereocenters. The Morgan fingerprint density at radius 1 is 1.59 bits per heavy atom. The Hall–Kier alpha value is -1.01. The van der Waals surface area contributed by atoms with Gasteiger partial charge in [-0.05, 0) is 32.1 Å². The molecule has 6 heteroatoms. The lowest BCUT2D eigenvalue weighted by Crippen LogP contribution is -2.46. The van der Waals surface area contributed by atoms with Gasteiger partial charge in [-0.15, -0.1) is 5.10 Å². The van der Waals surface area contributed by atoms with Crippen LogP contribution >= 0.6 is 12.2 Å². The fourth-order valence-corrected chi connectivity index (χ4v) is 2.80. The van der Waals surface area contributed by atoms with Crippen LogP contribution in [0.2, 0.25) is 0 Å². The van der Waals surface area contributed by atoms with Crippen LogP contribution in [0.25, 0.3) is 0 Å². The molecule has 2 N–H and O–H groups in total. The van der Waals surface area contributed by atoms with Crippen LogP contribution in [0.5, 0.6) is 0 Å². The summed E-state index contributed by atoms with van der Waals surface area (Å²) in [5, 5.41) is 4.34. The Kier molecular flexibility index (Phi) is 2.63. The highest BCUT2D eigenvalue weighted by atomic mass is 32.1. The Morgan fingerprint density at radius 2 is 2.41 bits per heavy atom. The first-order valence-corrected chi connectivity index (χ1v) is 6.44. The Bertz CT molecular complexity index is 440. The van der Waals surface area contributed by atoms with Crippen LogP contribution in [-0.2, 0) is 4.74 Å². The summed E-state index contributed by atoms with van der Waals surface area (Å²) in [5.41, 5.74) is 5.64. The molecule has 17 heavy (non-hydrogen) atoms. The van der Waals surface area contributed by atoms with E-state index in [1.54, 1.807) is 6.33 Å².